The molecular weight excluding hydrogens is 350 g/mol. The highest BCUT2D eigenvalue weighted by molar-refractivity contribution is 5.83. The summed E-state index contributed by atoms with van der Waals surface area (Å²) >= 11 is 0. The van der Waals surface area contributed by atoms with E-state index in [4.69, 9.17) is 0 Å². The average Bonchev–Trinajstić information content (AvgIpc) is 2.69. The van der Waals surface area contributed by atoms with Crippen molar-refractivity contribution in [2.24, 2.45) is 10.1 Å². The third-order valence-electron chi connectivity index (χ3n) is 4.45. The Hall–Kier alpha value is -2.56. The molecule has 0 aliphatic rings. The molecule has 0 radical (unpaired) electrons. The number of amides is 1. The van der Waals surface area contributed by atoms with E-state index in [1.54, 1.807) is 12.3 Å². The summed E-state index contributed by atoms with van der Waals surface area (Å²) in [6.07, 6.45) is 13.2. The molecule has 1 amide bonds. The highest BCUT2D eigenvalue weighted by Gasteiger charge is 2.01. The predicted octanol–water partition coefficient (Wildman–Crippen LogP) is 4.95. The summed E-state index contributed by atoms with van der Waals surface area (Å²) < 4.78 is 0. The van der Waals surface area contributed by atoms with Crippen molar-refractivity contribution in [3.63, 3.8) is 0 Å². The molecule has 0 saturated carbocycles. The molecule has 0 aliphatic heterocycles. The standard InChI is InChI=1S/C23H33N3O2/c1-3-20-13-12-14-21(17-20)18-25-26-23(28)16-11-9-7-5-4-6-8-10-15-22(27)19-24-2/h3,12-14,17-18H,1-2,4-11,15-16,19H2,(H,26,28)/b25-18+. The highest BCUT2D eigenvalue weighted by Crippen LogP contribution is 2.11. The topological polar surface area (TPSA) is 70.9 Å². The fourth-order valence-corrected chi connectivity index (χ4v) is 2.87. The van der Waals surface area contributed by atoms with Gasteiger partial charge in [-0.1, -0.05) is 69.4 Å². The lowest BCUT2D eigenvalue weighted by molar-refractivity contribution is -0.121. The predicted molar refractivity (Wildman–Crippen MR) is 118 cm³/mol. The van der Waals surface area contributed by atoms with Gasteiger partial charge in [0.05, 0.1) is 12.8 Å². The number of nitrogens with one attached hydrogen (secondary N) is 1. The number of benzene rings is 1. The minimum absolute atomic E-state index is 0.0465. The molecule has 0 saturated heterocycles. The van der Waals surface area contributed by atoms with Gasteiger partial charge in [-0.05, 0) is 36.8 Å². The average molecular weight is 384 g/mol. The quantitative estimate of drug-likeness (QED) is 0.249. The second kappa shape index (κ2) is 15.5. The van der Waals surface area contributed by atoms with Crippen LogP contribution in [0.5, 0.6) is 0 Å². The largest absolute Gasteiger partial charge is 0.298 e. The number of hydrogen-bond donors (Lipinski definition) is 1. The zero-order valence-corrected chi connectivity index (χ0v) is 16.9. The lowest BCUT2D eigenvalue weighted by Crippen LogP contribution is -2.16. The lowest BCUT2D eigenvalue weighted by atomic mass is 10.1. The van der Waals surface area contributed by atoms with Gasteiger partial charge in [-0.2, -0.15) is 5.10 Å². The molecule has 0 unspecified atom stereocenters. The van der Waals surface area contributed by atoms with Crippen LogP contribution in [0.25, 0.3) is 6.08 Å². The fraction of sp³-hybridized carbons (Fsp3) is 0.478. The maximum Gasteiger partial charge on any atom is 0.240 e. The number of hydrazone groups is 1. The fourth-order valence-electron chi connectivity index (χ4n) is 2.87. The Kier molecular flexibility index (Phi) is 13.0. The lowest BCUT2D eigenvalue weighted by Gasteiger charge is -2.02. The molecule has 152 valence electrons. The zero-order chi connectivity index (χ0) is 20.5. The molecule has 5 heteroatoms. The molecule has 1 N–H and O–H groups in total. The third kappa shape index (κ3) is 11.9. The SMILES string of the molecule is C=Cc1cccc(/C=N/NC(=O)CCCCCCCCCCC(=O)CN=C)c1. The van der Waals surface area contributed by atoms with Gasteiger partial charge >= 0.3 is 0 Å². The molecule has 1 aromatic rings. The van der Waals surface area contributed by atoms with Crippen molar-refractivity contribution in [1.82, 2.24) is 5.43 Å². The van der Waals surface area contributed by atoms with Crippen molar-refractivity contribution >= 4 is 30.7 Å². The summed E-state index contributed by atoms with van der Waals surface area (Å²) in [5.74, 6) is 0.137. The van der Waals surface area contributed by atoms with E-state index < -0.39 is 0 Å². The van der Waals surface area contributed by atoms with Crippen LogP contribution >= 0.6 is 0 Å². The van der Waals surface area contributed by atoms with E-state index in [1.807, 2.05) is 24.3 Å². The second-order valence-corrected chi connectivity index (χ2v) is 6.92. The summed E-state index contributed by atoms with van der Waals surface area (Å²) in [5.41, 5.74) is 4.53. The number of ketones is 1. The first-order valence-corrected chi connectivity index (χ1v) is 10.1. The third-order valence-corrected chi connectivity index (χ3v) is 4.45. The molecule has 0 fully saturated rings. The number of carbonyl (C=O) groups is 2. The molecule has 28 heavy (non-hydrogen) atoms. The van der Waals surface area contributed by atoms with Gasteiger partial charge in [0.25, 0.3) is 0 Å². The van der Waals surface area contributed by atoms with Crippen LogP contribution in [-0.2, 0) is 9.59 Å². The van der Waals surface area contributed by atoms with Crippen LogP contribution in [0.2, 0.25) is 0 Å². The molecule has 0 aromatic heterocycles. The number of unbranched alkanes of at least 4 members (excludes halogenated alkanes) is 7. The van der Waals surface area contributed by atoms with Crippen molar-refractivity contribution in [3.05, 3.63) is 42.0 Å². The first-order valence-electron chi connectivity index (χ1n) is 10.1. The molecule has 5 nitrogen and oxygen atoms in total. The smallest absolute Gasteiger partial charge is 0.240 e. The Morgan fingerprint density at radius 1 is 0.929 bits per heavy atom. The van der Waals surface area contributed by atoms with Crippen molar-refractivity contribution < 1.29 is 9.59 Å². The molecule has 0 bridgehead atoms. The summed E-state index contributed by atoms with van der Waals surface area (Å²) in [4.78, 5) is 26.7. The number of carbonyl (C=O) groups excluding carboxylic acids is 2. The Morgan fingerprint density at radius 2 is 1.54 bits per heavy atom. The van der Waals surface area contributed by atoms with E-state index >= 15 is 0 Å². The van der Waals surface area contributed by atoms with E-state index in [9.17, 15) is 9.59 Å². The van der Waals surface area contributed by atoms with Gasteiger partial charge in [-0.25, -0.2) is 5.43 Å². The zero-order valence-electron chi connectivity index (χ0n) is 16.9. The summed E-state index contributed by atoms with van der Waals surface area (Å²) in [6, 6.07) is 7.78. The van der Waals surface area contributed by atoms with E-state index in [1.165, 1.54) is 12.8 Å². The Bertz CT molecular complexity index is 653. The second-order valence-electron chi connectivity index (χ2n) is 6.92. The molecular formula is C23H33N3O2. The van der Waals surface area contributed by atoms with Crippen LogP contribution < -0.4 is 5.43 Å². The van der Waals surface area contributed by atoms with Gasteiger partial charge < -0.3 is 0 Å². The number of rotatable bonds is 16. The molecule has 0 aliphatic carbocycles. The van der Waals surface area contributed by atoms with E-state index in [0.29, 0.717) is 12.8 Å². The molecule has 0 spiro atoms. The Balaban J connectivity index is 1.97. The summed E-state index contributed by atoms with van der Waals surface area (Å²) in [5, 5.41) is 4.01. The van der Waals surface area contributed by atoms with Crippen LogP contribution in [0, 0.1) is 0 Å². The minimum Gasteiger partial charge on any atom is -0.298 e. The van der Waals surface area contributed by atoms with Crippen molar-refractivity contribution in [2.75, 3.05) is 6.54 Å². The minimum atomic E-state index is -0.0465. The number of nitrogens with zero attached hydrogens (tertiary/aromatic N) is 2. The van der Waals surface area contributed by atoms with Crippen molar-refractivity contribution in [2.45, 2.75) is 64.2 Å². The van der Waals surface area contributed by atoms with Gasteiger partial charge in [0.2, 0.25) is 5.91 Å². The van der Waals surface area contributed by atoms with Gasteiger partial charge in [-0.3, -0.25) is 14.6 Å². The van der Waals surface area contributed by atoms with Crippen molar-refractivity contribution in [3.8, 4) is 0 Å². The summed E-state index contributed by atoms with van der Waals surface area (Å²) in [6.45, 7) is 7.32. The van der Waals surface area contributed by atoms with Crippen LogP contribution in [0.1, 0.15) is 75.3 Å². The van der Waals surface area contributed by atoms with Crippen LogP contribution in [-0.4, -0.2) is 31.2 Å². The van der Waals surface area contributed by atoms with Gasteiger partial charge in [0.15, 0.2) is 5.78 Å². The first-order chi connectivity index (χ1) is 13.7. The maximum absolute atomic E-state index is 11.8. The van der Waals surface area contributed by atoms with Gasteiger partial charge in [-0.15, -0.1) is 0 Å². The molecule has 1 aromatic carbocycles. The monoisotopic (exact) mass is 383 g/mol. The molecule has 0 heterocycles. The summed E-state index contributed by atoms with van der Waals surface area (Å²) in [7, 11) is 0. The Morgan fingerprint density at radius 3 is 2.18 bits per heavy atom. The van der Waals surface area contributed by atoms with Crippen LogP contribution in [0.4, 0.5) is 0 Å². The first kappa shape index (κ1) is 23.5. The molecule has 1 rings (SSSR count). The van der Waals surface area contributed by atoms with Crippen LogP contribution in [0.3, 0.4) is 0 Å². The number of hydrogen-bond acceptors (Lipinski definition) is 4. The van der Waals surface area contributed by atoms with Crippen LogP contribution in [0.15, 0.2) is 40.9 Å². The van der Waals surface area contributed by atoms with Gasteiger partial charge in [0.1, 0.15) is 0 Å². The van der Waals surface area contributed by atoms with E-state index in [-0.39, 0.29) is 18.2 Å². The van der Waals surface area contributed by atoms with E-state index in [0.717, 1.165) is 49.7 Å². The van der Waals surface area contributed by atoms with Gasteiger partial charge in [0, 0.05) is 12.8 Å². The van der Waals surface area contributed by atoms with Crippen molar-refractivity contribution in [1.29, 1.82) is 0 Å². The number of Topliss-reactive ketones (excluding diaryl/α,β-unsaturated/α-hetero) is 1. The Labute approximate surface area is 169 Å². The molecule has 0 atom stereocenters. The maximum atomic E-state index is 11.8. The number of aliphatic imine (C=N–C) groups is 1. The highest BCUT2D eigenvalue weighted by atomic mass is 16.2. The normalized spacial score (nSPS) is 10.7. The van der Waals surface area contributed by atoms with E-state index in [2.05, 4.69) is 28.8 Å².